The summed E-state index contributed by atoms with van der Waals surface area (Å²) in [4.78, 5) is 24.4. The zero-order valence-electron chi connectivity index (χ0n) is 21.2. The smallest absolute Gasteiger partial charge is 0.163 e. The van der Waals surface area contributed by atoms with E-state index in [1.54, 1.807) is 31.4 Å². The maximum Gasteiger partial charge on any atom is 0.163 e. The maximum absolute atomic E-state index is 12.2. The van der Waals surface area contributed by atoms with Crippen LogP contribution < -0.4 is 14.2 Å². The van der Waals surface area contributed by atoms with Gasteiger partial charge in [0.25, 0.3) is 0 Å². The first-order chi connectivity index (χ1) is 16.8. The molecule has 2 aromatic carbocycles. The molecule has 184 valence electrons. The van der Waals surface area contributed by atoms with Crippen molar-refractivity contribution in [1.29, 1.82) is 0 Å². The molecule has 0 spiro atoms. The second-order valence-electron chi connectivity index (χ2n) is 8.44. The number of ether oxygens (including phenoxy) is 3. The first kappa shape index (κ1) is 27.4. The summed E-state index contributed by atoms with van der Waals surface area (Å²) in [5.41, 5.74) is 4.00. The molecule has 0 aromatic heterocycles. The molecule has 0 unspecified atom stereocenters. The number of carbonyl (C=O) groups excluding carboxylic acids is 2. The summed E-state index contributed by atoms with van der Waals surface area (Å²) in [6.07, 6.45) is 9.97. The molecule has 0 N–H and O–H groups in total. The highest BCUT2D eigenvalue weighted by Crippen LogP contribution is 2.28. The van der Waals surface area contributed by atoms with Crippen molar-refractivity contribution in [1.82, 2.24) is 0 Å². The van der Waals surface area contributed by atoms with Gasteiger partial charge in [-0.25, -0.2) is 0 Å². The third kappa shape index (κ3) is 10.7. The number of rotatable bonds is 13. The Morgan fingerprint density at radius 2 is 1.26 bits per heavy atom. The molecule has 0 saturated heterocycles. The summed E-state index contributed by atoms with van der Waals surface area (Å²) in [6, 6.07) is 12.8. The summed E-state index contributed by atoms with van der Waals surface area (Å²) in [6.45, 7) is 9.03. The van der Waals surface area contributed by atoms with Crippen molar-refractivity contribution in [2.75, 3.05) is 20.3 Å². The number of carbonyl (C=O) groups is 2. The maximum atomic E-state index is 12.2. The Morgan fingerprint density at radius 3 is 1.83 bits per heavy atom. The summed E-state index contributed by atoms with van der Waals surface area (Å²) in [5.74, 6) is 1.43. The monoisotopic (exact) mass is 474 g/mol. The lowest BCUT2D eigenvalue weighted by Gasteiger charge is -2.10. The first-order valence-electron chi connectivity index (χ1n) is 11.5. The lowest BCUT2D eigenvalue weighted by atomic mass is 10.1. The van der Waals surface area contributed by atoms with Crippen LogP contribution in [-0.2, 0) is 9.59 Å². The van der Waals surface area contributed by atoms with E-state index in [1.807, 2.05) is 70.2 Å². The number of allylic oxidation sites excluding steroid dienone is 4. The highest BCUT2D eigenvalue weighted by Gasteiger charge is 2.06. The molecule has 2 aromatic rings. The lowest BCUT2D eigenvalue weighted by Crippen LogP contribution is -2.02. The molecule has 5 heteroatoms. The van der Waals surface area contributed by atoms with Gasteiger partial charge in [0.2, 0.25) is 0 Å². The minimum Gasteiger partial charge on any atom is -0.493 e. The Hall–Kier alpha value is -3.86. The van der Waals surface area contributed by atoms with Crippen molar-refractivity contribution in [2.45, 2.75) is 34.1 Å². The van der Waals surface area contributed by atoms with Gasteiger partial charge in [-0.15, -0.1) is 0 Å². The first-order valence-corrected chi connectivity index (χ1v) is 11.5. The van der Waals surface area contributed by atoms with Crippen LogP contribution in [0.25, 0.3) is 12.2 Å². The molecule has 0 aliphatic heterocycles. The molecular formula is C30H34O5. The summed E-state index contributed by atoms with van der Waals surface area (Å²) < 4.78 is 16.7. The van der Waals surface area contributed by atoms with E-state index in [-0.39, 0.29) is 18.0 Å². The van der Waals surface area contributed by atoms with E-state index in [2.05, 4.69) is 0 Å². The summed E-state index contributed by atoms with van der Waals surface area (Å²) in [5, 5.41) is 0. The summed E-state index contributed by atoms with van der Waals surface area (Å²) in [7, 11) is 1.57. The zero-order valence-corrected chi connectivity index (χ0v) is 21.2. The molecular weight excluding hydrogens is 440 g/mol. The minimum atomic E-state index is -0.273. The van der Waals surface area contributed by atoms with E-state index >= 15 is 0 Å². The Balaban J connectivity index is 1.88. The fourth-order valence-corrected chi connectivity index (χ4v) is 2.85. The highest BCUT2D eigenvalue weighted by atomic mass is 16.5. The van der Waals surface area contributed by atoms with E-state index in [0.717, 1.165) is 16.9 Å². The van der Waals surface area contributed by atoms with Gasteiger partial charge < -0.3 is 14.2 Å². The Bertz CT molecular complexity index is 1110. The van der Waals surface area contributed by atoms with Crippen LogP contribution in [0, 0.1) is 0 Å². The third-order valence-electron chi connectivity index (χ3n) is 4.81. The average Bonchev–Trinajstić information content (AvgIpc) is 2.82. The molecule has 0 heterocycles. The molecule has 0 fully saturated rings. The molecule has 0 saturated carbocycles. The molecule has 0 radical (unpaired) electrons. The number of benzene rings is 2. The molecule has 0 aliphatic rings. The van der Waals surface area contributed by atoms with Gasteiger partial charge in [-0.3, -0.25) is 9.59 Å². The van der Waals surface area contributed by atoms with Crippen LogP contribution in [0.1, 0.15) is 45.2 Å². The van der Waals surface area contributed by atoms with Crippen molar-refractivity contribution in [3.63, 3.8) is 0 Å². The quantitative estimate of drug-likeness (QED) is 0.185. The van der Waals surface area contributed by atoms with Gasteiger partial charge in [-0.2, -0.15) is 0 Å². The highest BCUT2D eigenvalue weighted by molar-refractivity contribution is 6.10. The third-order valence-corrected chi connectivity index (χ3v) is 4.81. The predicted octanol–water partition coefficient (Wildman–Crippen LogP) is 6.64. The number of hydrogen-bond acceptors (Lipinski definition) is 5. The van der Waals surface area contributed by atoms with Gasteiger partial charge in [0.1, 0.15) is 19.0 Å². The predicted molar refractivity (Wildman–Crippen MR) is 142 cm³/mol. The number of ketones is 2. The average molecular weight is 475 g/mol. The van der Waals surface area contributed by atoms with Crippen LogP contribution in [0.3, 0.4) is 0 Å². The Morgan fingerprint density at radius 1 is 0.714 bits per heavy atom. The topological polar surface area (TPSA) is 61.8 Å². The molecule has 0 bridgehead atoms. The molecule has 0 atom stereocenters. The molecule has 5 nitrogen and oxygen atoms in total. The van der Waals surface area contributed by atoms with Crippen LogP contribution >= 0.6 is 0 Å². The van der Waals surface area contributed by atoms with Gasteiger partial charge in [-0.1, -0.05) is 41.5 Å². The lowest BCUT2D eigenvalue weighted by molar-refractivity contribution is -0.121. The second-order valence-corrected chi connectivity index (χ2v) is 8.44. The van der Waals surface area contributed by atoms with Crippen LogP contribution in [0.4, 0.5) is 0 Å². The van der Waals surface area contributed by atoms with Gasteiger partial charge >= 0.3 is 0 Å². The van der Waals surface area contributed by atoms with Gasteiger partial charge in [0.05, 0.1) is 13.5 Å². The van der Waals surface area contributed by atoms with Crippen LogP contribution in [0.5, 0.6) is 17.2 Å². The molecule has 0 amide bonds. The molecule has 0 aliphatic carbocycles. The van der Waals surface area contributed by atoms with Gasteiger partial charge in [0.15, 0.2) is 23.1 Å². The fourth-order valence-electron chi connectivity index (χ4n) is 2.85. The number of methoxy groups -OCH3 is 1. The van der Waals surface area contributed by atoms with E-state index < -0.39 is 0 Å². The Labute approximate surface area is 208 Å². The Kier molecular flexibility index (Phi) is 11.3. The van der Waals surface area contributed by atoms with Crippen molar-refractivity contribution in [3.8, 4) is 17.2 Å². The van der Waals surface area contributed by atoms with Crippen molar-refractivity contribution >= 4 is 23.7 Å². The van der Waals surface area contributed by atoms with E-state index in [0.29, 0.717) is 24.7 Å². The molecule has 35 heavy (non-hydrogen) atoms. The van der Waals surface area contributed by atoms with Gasteiger partial charge in [-0.05, 0) is 87.4 Å². The van der Waals surface area contributed by atoms with Crippen LogP contribution in [0.2, 0.25) is 0 Å². The fraction of sp³-hybridized carbons (Fsp3) is 0.267. The van der Waals surface area contributed by atoms with Crippen LogP contribution in [-0.4, -0.2) is 31.9 Å². The summed E-state index contributed by atoms with van der Waals surface area (Å²) >= 11 is 0. The molecule has 2 rings (SSSR count). The normalized spacial score (nSPS) is 10.8. The van der Waals surface area contributed by atoms with E-state index in [1.165, 1.54) is 23.3 Å². The zero-order chi connectivity index (χ0) is 25.6. The largest absolute Gasteiger partial charge is 0.493 e. The van der Waals surface area contributed by atoms with Gasteiger partial charge in [0, 0.05) is 0 Å². The van der Waals surface area contributed by atoms with Crippen molar-refractivity contribution in [2.24, 2.45) is 0 Å². The number of hydrogen-bond donors (Lipinski definition) is 0. The SMILES string of the molecule is COc1cc(/C=C/C(=O)CC(=O)/C=C/c2ccc(OCC=C(C)C)cc2)ccc1OCC=C(C)C. The van der Waals surface area contributed by atoms with Crippen molar-refractivity contribution in [3.05, 3.63) is 89.0 Å². The second kappa shape index (κ2) is 14.4. The van der Waals surface area contributed by atoms with Crippen molar-refractivity contribution < 1.29 is 23.8 Å². The minimum absolute atomic E-state index is 0.196. The van der Waals surface area contributed by atoms with Crippen LogP contribution in [0.15, 0.2) is 77.9 Å². The van der Waals surface area contributed by atoms with E-state index in [9.17, 15) is 9.59 Å². The van der Waals surface area contributed by atoms with E-state index in [4.69, 9.17) is 14.2 Å². The standard InChI is InChI=1S/C30H34O5/c1-22(2)16-18-34-28-13-8-24(9-14-28)6-11-26(31)21-27(32)12-7-25-10-15-29(30(20-25)33-5)35-19-17-23(3)4/h6-17,20H,18-19,21H2,1-5H3/b11-6+,12-7+.